The fourth-order valence-electron chi connectivity index (χ4n) is 1.06. The van der Waals surface area contributed by atoms with E-state index in [1.165, 1.54) is 0 Å². The van der Waals surface area contributed by atoms with Gasteiger partial charge in [0, 0.05) is 19.8 Å². The Morgan fingerprint density at radius 2 is 2.47 bits per heavy atom. The van der Waals surface area contributed by atoms with Crippen LogP contribution in [0, 0.1) is 0 Å². The zero-order valence-corrected chi connectivity index (χ0v) is 8.90. The third-order valence-corrected chi connectivity index (χ3v) is 1.81. The van der Waals surface area contributed by atoms with Crippen LogP contribution in [-0.2, 0) is 7.05 Å². The molecule has 0 spiro atoms. The summed E-state index contributed by atoms with van der Waals surface area (Å²) in [6, 6.07) is -0.288. The van der Waals surface area contributed by atoms with E-state index in [0.29, 0.717) is 18.7 Å². The average molecular weight is 212 g/mol. The molecule has 0 saturated heterocycles. The Morgan fingerprint density at radius 1 is 1.73 bits per heavy atom. The van der Waals surface area contributed by atoms with E-state index in [0.717, 1.165) is 0 Å². The Balaban J connectivity index is 2.24. The molecule has 1 unspecified atom stereocenters. The molecule has 1 rings (SSSR count). The van der Waals surface area contributed by atoms with E-state index in [9.17, 15) is 4.79 Å². The first kappa shape index (κ1) is 11.5. The van der Waals surface area contributed by atoms with Crippen LogP contribution in [0.15, 0.2) is 12.4 Å². The molecule has 15 heavy (non-hydrogen) atoms. The van der Waals surface area contributed by atoms with Crippen molar-refractivity contribution < 1.29 is 9.90 Å². The number of aliphatic hydroxyl groups is 1. The van der Waals surface area contributed by atoms with Crippen molar-refractivity contribution in [1.29, 1.82) is 0 Å². The van der Waals surface area contributed by atoms with E-state index in [2.05, 4.69) is 15.7 Å². The number of carbonyl (C=O) groups is 1. The fourth-order valence-corrected chi connectivity index (χ4v) is 1.06. The number of urea groups is 1. The molecule has 3 N–H and O–H groups in total. The van der Waals surface area contributed by atoms with Gasteiger partial charge < -0.3 is 15.7 Å². The minimum Gasteiger partial charge on any atom is -0.393 e. The van der Waals surface area contributed by atoms with Crippen molar-refractivity contribution in [2.24, 2.45) is 7.05 Å². The van der Waals surface area contributed by atoms with Gasteiger partial charge in [0.2, 0.25) is 0 Å². The molecule has 0 radical (unpaired) electrons. The lowest BCUT2D eigenvalue weighted by atomic mass is 10.3. The smallest absolute Gasteiger partial charge is 0.319 e. The van der Waals surface area contributed by atoms with Crippen LogP contribution >= 0.6 is 0 Å². The number of nitrogens with one attached hydrogen (secondary N) is 2. The third kappa shape index (κ3) is 4.46. The highest BCUT2D eigenvalue weighted by Crippen LogP contribution is 2.02. The Labute approximate surface area is 88.3 Å². The molecular weight excluding hydrogens is 196 g/mol. The standard InChI is InChI=1S/C9H16N4O2/c1-7(14)3-4-10-9(15)12-8-5-11-13(2)6-8/h5-7,14H,3-4H2,1-2H3,(H2,10,12,15). The number of aryl methyl sites for hydroxylation is 1. The summed E-state index contributed by atoms with van der Waals surface area (Å²) >= 11 is 0. The van der Waals surface area contributed by atoms with E-state index < -0.39 is 6.10 Å². The summed E-state index contributed by atoms with van der Waals surface area (Å²) in [6.45, 7) is 2.13. The van der Waals surface area contributed by atoms with Crippen molar-refractivity contribution >= 4 is 11.7 Å². The first-order chi connectivity index (χ1) is 7.08. The lowest BCUT2D eigenvalue weighted by Crippen LogP contribution is -2.30. The molecule has 6 heteroatoms. The minimum atomic E-state index is -0.399. The molecule has 1 heterocycles. The number of aromatic nitrogens is 2. The van der Waals surface area contributed by atoms with Gasteiger partial charge in [0.1, 0.15) is 0 Å². The van der Waals surface area contributed by atoms with E-state index in [4.69, 9.17) is 5.11 Å². The third-order valence-electron chi connectivity index (χ3n) is 1.81. The van der Waals surface area contributed by atoms with Gasteiger partial charge >= 0.3 is 6.03 Å². The number of hydrogen-bond acceptors (Lipinski definition) is 3. The van der Waals surface area contributed by atoms with Crippen LogP contribution in [0.1, 0.15) is 13.3 Å². The van der Waals surface area contributed by atoms with E-state index in [-0.39, 0.29) is 6.03 Å². The fraction of sp³-hybridized carbons (Fsp3) is 0.556. The number of aliphatic hydroxyl groups excluding tert-OH is 1. The zero-order valence-electron chi connectivity index (χ0n) is 8.90. The van der Waals surface area contributed by atoms with Crippen LogP contribution in [0.4, 0.5) is 10.5 Å². The summed E-state index contributed by atoms with van der Waals surface area (Å²) in [5, 5.41) is 18.1. The van der Waals surface area contributed by atoms with Gasteiger partial charge in [-0.1, -0.05) is 0 Å². The SMILES string of the molecule is CC(O)CCNC(=O)Nc1cnn(C)c1. The predicted molar refractivity (Wildman–Crippen MR) is 56.5 cm³/mol. The maximum Gasteiger partial charge on any atom is 0.319 e. The molecule has 1 aromatic heterocycles. The van der Waals surface area contributed by atoms with Gasteiger partial charge in [-0.05, 0) is 13.3 Å². The van der Waals surface area contributed by atoms with Gasteiger partial charge in [-0.25, -0.2) is 4.79 Å². The maximum absolute atomic E-state index is 11.3. The van der Waals surface area contributed by atoms with Gasteiger partial charge in [0.05, 0.1) is 18.0 Å². The summed E-state index contributed by atoms with van der Waals surface area (Å²) in [5.74, 6) is 0. The second-order valence-corrected chi connectivity index (χ2v) is 3.42. The molecule has 1 aromatic rings. The summed E-state index contributed by atoms with van der Waals surface area (Å²) in [4.78, 5) is 11.3. The quantitative estimate of drug-likeness (QED) is 0.672. The number of rotatable bonds is 4. The topological polar surface area (TPSA) is 79.2 Å². The summed E-state index contributed by atoms with van der Waals surface area (Å²) in [5.41, 5.74) is 0.645. The predicted octanol–water partition coefficient (Wildman–Crippen LogP) is 0.312. The molecule has 0 aliphatic rings. The number of hydrogen-bond donors (Lipinski definition) is 3. The second-order valence-electron chi connectivity index (χ2n) is 3.42. The summed E-state index contributed by atoms with van der Waals surface area (Å²) in [6.07, 6.45) is 3.41. The molecule has 0 aromatic carbocycles. The van der Waals surface area contributed by atoms with Gasteiger partial charge in [0.25, 0.3) is 0 Å². The number of carbonyl (C=O) groups excluding carboxylic acids is 1. The van der Waals surface area contributed by atoms with Crippen LogP contribution in [0.2, 0.25) is 0 Å². The zero-order chi connectivity index (χ0) is 11.3. The van der Waals surface area contributed by atoms with E-state index in [1.54, 1.807) is 31.0 Å². The van der Waals surface area contributed by atoms with Crippen molar-refractivity contribution in [3.8, 4) is 0 Å². The van der Waals surface area contributed by atoms with Gasteiger partial charge in [-0.3, -0.25) is 4.68 Å². The largest absolute Gasteiger partial charge is 0.393 e. The molecule has 1 atom stereocenters. The molecule has 6 nitrogen and oxygen atoms in total. The first-order valence-electron chi connectivity index (χ1n) is 4.79. The number of nitrogens with zero attached hydrogens (tertiary/aromatic N) is 2. The van der Waals surface area contributed by atoms with Crippen molar-refractivity contribution in [3.63, 3.8) is 0 Å². The highest BCUT2D eigenvalue weighted by Gasteiger charge is 2.03. The van der Waals surface area contributed by atoms with Crippen molar-refractivity contribution in [2.75, 3.05) is 11.9 Å². The molecule has 84 valence electrons. The Morgan fingerprint density at radius 3 is 3.00 bits per heavy atom. The molecule has 0 aliphatic carbocycles. The van der Waals surface area contributed by atoms with Crippen LogP contribution in [0.25, 0.3) is 0 Å². The number of amides is 2. The normalized spacial score (nSPS) is 12.2. The monoisotopic (exact) mass is 212 g/mol. The summed E-state index contributed by atoms with van der Waals surface area (Å²) < 4.78 is 1.60. The highest BCUT2D eigenvalue weighted by atomic mass is 16.3. The maximum atomic E-state index is 11.3. The lowest BCUT2D eigenvalue weighted by molar-refractivity contribution is 0.184. The van der Waals surface area contributed by atoms with Gasteiger partial charge in [-0.2, -0.15) is 5.10 Å². The van der Waals surface area contributed by atoms with Crippen LogP contribution in [0.5, 0.6) is 0 Å². The highest BCUT2D eigenvalue weighted by molar-refractivity contribution is 5.88. The second kappa shape index (κ2) is 5.35. The molecule has 2 amide bonds. The van der Waals surface area contributed by atoms with Crippen molar-refractivity contribution in [2.45, 2.75) is 19.4 Å². The first-order valence-corrected chi connectivity index (χ1v) is 4.79. The van der Waals surface area contributed by atoms with E-state index >= 15 is 0 Å². The van der Waals surface area contributed by atoms with Crippen LogP contribution in [0.3, 0.4) is 0 Å². The Kier molecular flexibility index (Phi) is 4.11. The average Bonchev–Trinajstić information content (AvgIpc) is 2.50. The van der Waals surface area contributed by atoms with Crippen LogP contribution < -0.4 is 10.6 Å². The molecular formula is C9H16N4O2. The number of anilines is 1. The van der Waals surface area contributed by atoms with Gasteiger partial charge in [0.15, 0.2) is 0 Å². The van der Waals surface area contributed by atoms with Gasteiger partial charge in [-0.15, -0.1) is 0 Å². The molecule has 0 aliphatic heterocycles. The Bertz CT molecular complexity index is 322. The molecule has 0 fully saturated rings. The Hall–Kier alpha value is -1.56. The van der Waals surface area contributed by atoms with Crippen LogP contribution in [-0.4, -0.2) is 33.6 Å². The minimum absolute atomic E-state index is 0.288. The van der Waals surface area contributed by atoms with Crippen molar-refractivity contribution in [3.05, 3.63) is 12.4 Å². The van der Waals surface area contributed by atoms with Crippen molar-refractivity contribution in [1.82, 2.24) is 15.1 Å². The lowest BCUT2D eigenvalue weighted by Gasteiger charge is -2.06. The molecule has 0 bridgehead atoms. The summed E-state index contributed by atoms with van der Waals surface area (Å²) in [7, 11) is 1.77. The molecule has 0 saturated carbocycles. The van der Waals surface area contributed by atoms with E-state index in [1.807, 2.05) is 0 Å².